The summed E-state index contributed by atoms with van der Waals surface area (Å²) < 4.78 is 13.6. The molecule has 0 N–H and O–H groups in total. The minimum Gasteiger partial charge on any atom is -0.304 e. The maximum Gasteiger partial charge on any atom is 0.168 e. The number of pyridine rings is 2. The van der Waals surface area contributed by atoms with E-state index in [1.54, 1.807) is 12.4 Å². The molecule has 0 saturated carbocycles. The van der Waals surface area contributed by atoms with E-state index in [2.05, 4.69) is 38.9 Å². The summed E-state index contributed by atoms with van der Waals surface area (Å²) in [4.78, 5) is 26.1. The monoisotopic (exact) mass is 454 g/mol. The van der Waals surface area contributed by atoms with Crippen molar-refractivity contribution in [2.24, 2.45) is 0 Å². The van der Waals surface area contributed by atoms with E-state index in [-0.39, 0.29) is 18.0 Å². The standard InChI is InChI=1S/C28H27FN4O/c1-32-8-10-33(11-9-32)19-20-2-4-21(5-3-20)28(34)15-27-14-24-12-22(6-7-23(24)17-31-27)25-13-26(29)18-30-16-25/h2-7,12-14,16-18H,8-11,15,19H2,1H3. The van der Waals surface area contributed by atoms with Crippen LogP contribution in [0.1, 0.15) is 21.6 Å². The van der Waals surface area contributed by atoms with Crippen LogP contribution >= 0.6 is 0 Å². The molecule has 1 aliphatic rings. The Morgan fingerprint density at radius 1 is 0.882 bits per heavy atom. The van der Waals surface area contributed by atoms with Gasteiger partial charge in [-0.25, -0.2) is 4.39 Å². The number of piperazine rings is 1. The molecule has 0 unspecified atom stereocenters. The van der Waals surface area contributed by atoms with Gasteiger partial charge < -0.3 is 4.90 Å². The molecule has 34 heavy (non-hydrogen) atoms. The number of ketones is 1. The highest BCUT2D eigenvalue weighted by Crippen LogP contribution is 2.25. The summed E-state index contributed by atoms with van der Waals surface area (Å²) in [5, 5.41) is 1.93. The molecule has 2 aromatic heterocycles. The van der Waals surface area contributed by atoms with E-state index < -0.39 is 0 Å². The Morgan fingerprint density at radius 3 is 2.44 bits per heavy atom. The first-order valence-corrected chi connectivity index (χ1v) is 11.6. The molecule has 1 aliphatic heterocycles. The van der Waals surface area contributed by atoms with Gasteiger partial charge in [0.15, 0.2) is 5.78 Å². The second-order valence-electron chi connectivity index (χ2n) is 9.01. The summed E-state index contributed by atoms with van der Waals surface area (Å²) in [5.74, 6) is -0.323. The first-order valence-electron chi connectivity index (χ1n) is 11.6. The number of halogens is 1. The lowest BCUT2D eigenvalue weighted by molar-refractivity contribution is 0.0992. The first-order chi connectivity index (χ1) is 16.5. The zero-order valence-corrected chi connectivity index (χ0v) is 19.2. The molecule has 1 saturated heterocycles. The fourth-order valence-electron chi connectivity index (χ4n) is 4.36. The lowest BCUT2D eigenvalue weighted by atomic mass is 10.0. The topological polar surface area (TPSA) is 49.3 Å². The van der Waals surface area contributed by atoms with Gasteiger partial charge in [0.2, 0.25) is 0 Å². The van der Waals surface area contributed by atoms with Crippen molar-refractivity contribution in [2.45, 2.75) is 13.0 Å². The predicted octanol–water partition coefficient (Wildman–Crippen LogP) is 4.61. The fourth-order valence-corrected chi connectivity index (χ4v) is 4.36. The Morgan fingerprint density at radius 2 is 1.68 bits per heavy atom. The highest BCUT2D eigenvalue weighted by Gasteiger charge is 2.14. The van der Waals surface area contributed by atoms with Gasteiger partial charge in [-0.05, 0) is 41.8 Å². The van der Waals surface area contributed by atoms with Gasteiger partial charge in [-0.1, -0.05) is 36.4 Å². The summed E-state index contributed by atoms with van der Waals surface area (Å²) in [7, 11) is 2.16. The van der Waals surface area contributed by atoms with Crippen LogP contribution in [0, 0.1) is 5.82 Å². The number of hydrogen-bond acceptors (Lipinski definition) is 5. The maximum absolute atomic E-state index is 13.6. The smallest absolute Gasteiger partial charge is 0.168 e. The van der Waals surface area contributed by atoms with Crippen LogP contribution in [0.4, 0.5) is 4.39 Å². The average Bonchev–Trinajstić information content (AvgIpc) is 2.85. The van der Waals surface area contributed by atoms with Gasteiger partial charge in [-0.3, -0.25) is 19.7 Å². The Kier molecular flexibility index (Phi) is 6.43. The zero-order chi connectivity index (χ0) is 23.5. The Balaban J connectivity index is 1.28. The van der Waals surface area contributed by atoms with Crippen molar-refractivity contribution < 1.29 is 9.18 Å². The second kappa shape index (κ2) is 9.79. The molecule has 5 rings (SSSR count). The Labute approximate surface area is 198 Å². The van der Waals surface area contributed by atoms with E-state index in [1.165, 1.54) is 17.8 Å². The fraction of sp³-hybridized carbons (Fsp3) is 0.250. The highest BCUT2D eigenvalue weighted by molar-refractivity contribution is 5.98. The quantitative estimate of drug-likeness (QED) is 0.398. The van der Waals surface area contributed by atoms with E-state index >= 15 is 0 Å². The number of Topliss-reactive ketones (excluding diaryl/α,β-unsaturated/α-hetero) is 1. The SMILES string of the molecule is CN1CCN(Cc2ccc(C(=O)Cc3cc4cc(-c5cncc(F)c5)ccc4cn3)cc2)CC1. The van der Waals surface area contributed by atoms with E-state index in [1.807, 2.05) is 36.4 Å². The Bertz CT molecular complexity index is 1310. The molecular formula is C28H27FN4O. The first kappa shape index (κ1) is 22.3. The molecule has 172 valence electrons. The number of likely N-dealkylation sites (N-methyl/N-ethyl adjacent to an activating group) is 1. The van der Waals surface area contributed by atoms with Crippen molar-refractivity contribution in [1.29, 1.82) is 0 Å². The lowest BCUT2D eigenvalue weighted by Gasteiger charge is -2.32. The van der Waals surface area contributed by atoms with Gasteiger partial charge in [-0.15, -0.1) is 0 Å². The molecule has 2 aromatic carbocycles. The second-order valence-corrected chi connectivity index (χ2v) is 9.01. The number of fused-ring (bicyclic) bond motifs is 1. The van der Waals surface area contributed by atoms with Crippen LogP contribution in [0.5, 0.6) is 0 Å². The summed E-state index contributed by atoms with van der Waals surface area (Å²) in [6.45, 7) is 5.24. The van der Waals surface area contributed by atoms with Gasteiger partial charge in [0.1, 0.15) is 5.82 Å². The summed E-state index contributed by atoms with van der Waals surface area (Å²) in [6, 6.07) is 17.2. The third kappa shape index (κ3) is 5.19. The van der Waals surface area contributed by atoms with Crippen molar-refractivity contribution in [3.05, 3.63) is 95.8 Å². The molecule has 6 heteroatoms. The molecule has 0 bridgehead atoms. The molecule has 0 radical (unpaired) electrons. The molecule has 5 nitrogen and oxygen atoms in total. The number of benzene rings is 2. The highest BCUT2D eigenvalue weighted by atomic mass is 19.1. The molecule has 0 aliphatic carbocycles. The maximum atomic E-state index is 13.6. The van der Waals surface area contributed by atoms with Crippen molar-refractivity contribution in [3.8, 4) is 11.1 Å². The van der Waals surface area contributed by atoms with Crippen molar-refractivity contribution in [3.63, 3.8) is 0 Å². The molecule has 4 aromatic rings. The molecular weight excluding hydrogens is 427 g/mol. The van der Waals surface area contributed by atoms with Crippen molar-refractivity contribution in [2.75, 3.05) is 33.2 Å². The molecule has 0 atom stereocenters. The molecule has 3 heterocycles. The van der Waals surface area contributed by atoms with Crippen LogP contribution in [0.2, 0.25) is 0 Å². The van der Waals surface area contributed by atoms with E-state index in [9.17, 15) is 9.18 Å². The minimum absolute atomic E-state index is 0.0449. The van der Waals surface area contributed by atoms with Crippen LogP contribution in [-0.2, 0) is 13.0 Å². The minimum atomic E-state index is -0.367. The normalized spacial score (nSPS) is 15.0. The molecule has 1 fully saturated rings. The number of aromatic nitrogens is 2. The van der Waals surface area contributed by atoms with E-state index in [0.29, 0.717) is 16.8 Å². The average molecular weight is 455 g/mol. The number of hydrogen-bond donors (Lipinski definition) is 0. The number of rotatable bonds is 6. The Hall–Kier alpha value is -3.48. The van der Waals surface area contributed by atoms with Gasteiger partial charge in [-0.2, -0.15) is 0 Å². The van der Waals surface area contributed by atoms with Crippen LogP contribution < -0.4 is 0 Å². The third-order valence-corrected chi connectivity index (χ3v) is 6.44. The summed E-state index contributed by atoms with van der Waals surface area (Å²) >= 11 is 0. The lowest BCUT2D eigenvalue weighted by Crippen LogP contribution is -2.43. The largest absolute Gasteiger partial charge is 0.304 e. The van der Waals surface area contributed by atoms with E-state index in [4.69, 9.17) is 0 Å². The van der Waals surface area contributed by atoms with Crippen molar-refractivity contribution in [1.82, 2.24) is 19.8 Å². The van der Waals surface area contributed by atoms with Crippen LogP contribution in [0.15, 0.2) is 73.2 Å². The number of carbonyl (C=O) groups excluding carboxylic acids is 1. The number of carbonyl (C=O) groups is 1. The van der Waals surface area contributed by atoms with Gasteiger partial charge in [0, 0.05) is 67.3 Å². The molecule has 0 spiro atoms. The van der Waals surface area contributed by atoms with E-state index in [0.717, 1.165) is 49.1 Å². The van der Waals surface area contributed by atoms with Crippen LogP contribution in [-0.4, -0.2) is 58.8 Å². The zero-order valence-electron chi connectivity index (χ0n) is 19.2. The molecule has 0 amide bonds. The number of nitrogens with zero attached hydrogens (tertiary/aromatic N) is 4. The predicted molar refractivity (Wildman–Crippen MR) is 132 cm³/mol. The summed E-state index contributed by atoms with van der Waals surface area (Å²) in [6.07, 6.45) is 4.85. The van der Waals surface area contributed by atoms with Gasteiger partial charge in [0.25, 0.3) is 0 Å². The van der Waals surface area contributed by atoms with Crippen LogP contribution in [0.3, 0.4) is 0 Å². The van der Waals surface area contributed by atoms with Crippen LogP contribution in [0.25, 0.3) is 21.9 Å². The summed E-state index contributed by atoms with van der Waals surface area (Å²) in [5.41, 5.74) is 4.23. The van der Waals surface area contributed by atoms with Gasteiger partial charge in [0.05, 0.1) is 12.6 Å². The van der Waals surface area contributed by atoms with Gasteiger partial charge >= 0.3 is 0 Å². The third-order valence-electron chi connectivity index (χ3n) is 6.44. The van der Waals surface area contributed by atoms with Crippen molar-refractivity contribution >= 4 is 16.6 Å².